The lowest BCUT2D eigenvalue weighted by Crippen LogP contribution is -2.32. The molecule has 0 radical (unpaired) electrons. The third-order valence-electron chi connectivity index (χ3n) is 5.27. The Balaban J connectivity index is 1.43. The summed E-state index contributed by atoms with van der Waals surface area (Å²) in [5.41, 5.74) is 3.90. The Morgan fingerprint density at radius 2 is 1.74 bits per heavy atom. The van der Waals surface area contributed by atoms with Gasteiger partial charge in [-0.2, -0.15) is 0 Å². The van der Waals surface area contributed by atoms with Gasteiger partial charge in [0.1, 0.15) is 0 Å². The summed E-state index contributed by atoms with van der Waals surface area (Å²) in [4.78, 5) is 23.4. The maximum atomic E-state index is 12.9. The summed E-state index contributed by atoms with van der Waals surface area (Å²) >= 11 is 0. The molecular weight excluding hydrogens is 334 g/mol. The van der Waals surface area contributed by atoms with E-state index in [1.54, 1.807) is 18.6 Å². The van der Waals surface area contributed by atoms with Gasteiger partial charge >= 0.3 is 0 Å². The summed E-state index contributed by atoms with van der Waals surface area (Å²) in [5.74, 6) is 0.619. The van der Waals surface area contributed by atoms with Gasteiger partial charge in [0.15, 0.2) is 0 Å². The van der Waals surface area contributed by atoms with E-state index in [0.717, 1.165) is 43.6 Å². The van der Waals surface area contributed by atoms with Crippen molar-refractivity contribution in [1.82, 2.24) is 14.9 Å². The normalized spacial score (nSPS) is 17.3. The molecule has 1 aliphatic rings. The molecule has 1 atom stereocenters. The standard InChI is InChI=1S/C23H23N3O/c27-23(21-8-9-22(25-17-21)20-10-13-24-14-11-20)26-15-4-7-19(12-16-26)18-5-2-1-3-6-18/h1-3,5-6,8-11,13-14,17,19H,4,7,12,15-16H2. The van der Waals surface area contributed by atoms with E-state index < -0.39 is 0 Å². The zero-order valence-electron chi connectivity index (χ0n) is 15.3. The maximum Gasteiger partial charge on any atom is 0.255 e. The minimum absolute atomic E-state index is 0.0810. The zero-order valence-corrected chi connectivity index (χ0v) is 15.3. The van der Waals surface area contributed by atoms with Gasteiger partial charge in [-0.3, -0.25) is 14.8 Å². The van der Waals surface area contributed by atoms with Crippen LogP contribution in [0.1, 0.15) is 41.1 Å². The van der Waals surface area contributed by atoms with Gasteiger partial charge in [0, 0.05) is 37.2 Å². The van der Waals surface area contributed by atoms with Gasteiger partial charge in [0.2, 0.25) is 0 Å². The molecular formula is C23H23N3O. The number of amides is 1. The monoisotopic (exact) mass is 357 g/mol. The third kappa shape index (κ3) is 4.05. The lowest BCUT2D eigenvalue weighted by atomic mass is 9.92. The van der Waals surface area contributed by atoms with Gasteiger partial charge in [-0.25, -0.2) is 0 Å². The fraction of sp³-hybridized carbons (Fsp3) is 0.261. The van der Waals surface area contributed by atoms with Crippen molar-refractivity contribution in [2.45, 2.75) is 25.2 Å². The molecule has 4 nitrogen and oxygen atoms in total. The van der Waals surface area contributed by atoms with Gasteiger partial charge in [-0.05, 0) is 55.0 Å². The van der Waals surface area contributed by atoms with Crippen molar-refractivity contribution < 1.29 is 4.79 Å². The van der Waals surface area contributed by atoms with Gasteiger partial charge in [-0.1, -0.05) is 30.3 Å². The highest BCUT2D eigenvalue weighted by molar-refractivity contribution is 5.94. The Hall–Kier alpha value is -3.01. The molecule has 0 N–H and O–H groups in total. The van der Waals surface area contributed by atoms with Crippen molar-refractivity contribution in [2.24, 2.45) is 0 Å². The fourth-order valence-electron chi connectivity index (χ4n) is 3.75. The largest absolute Gasteiger partial charge is 0.339 e. The summed E-state index contributed by atoms with van der Waals surface area (Å²) in [6, 6.07) is 18.3. The van der Waals surface area contributed by atoms with Crippen LogP contribution in [0.2, 0.25) is 0 Å². The summed E-state index contributed by atoms with van der Waals surface area (Å²) in [5, 5.41) is 0. The number of hydrogen-bond acceptors (Lipinski definition) is 3. The molecule has 4 rings (SSSR count). The molecule has 3 heterocycles. The molecule has 1 saturated heterocycles. The number of aromatic nitrogens is 2. The Morgan fingerprint density at radius 1 is 0.926 bits per heavy atom. The molecule has 1 fully saturated rings. The minimum atomic E-state index is 0.0810. The predicted molar refractivity (Wildman–Crippen MR) is 106 cm³/mol. The van der Waals surface area contributed by atoms with E-state index in [9.17, 15) is 4.79 Å². The number of nitrogens with zero attached hydrogens (tertiary/aromatic N) is 3. The van der Waals surface area contributed by atoms with Crippen molar-refractivity contribution in [3.8, 4) is 11.3 Å². The molecule has 4 heteroatoms. The first-order valence-electron chi connectivity index (χ1n) is 9.52. The van der Waals surface area contributed by atoms with E-state index in [2.05, 4.69) is 40.3 Å². The Morgan fingerprint density at radius 3 is 2.48 bits per heavy atom. The van der Waals surface area contributed by atoms with Crippen LogP contribution in [-0.4, -0.2) is 33.9 Å². The molecule has 1 aliphatic heterocycles. The molecule has 0 spiro atoms. The topological polar surface area (TPSA) is 46.1 Å². The number of carbonyl (C=O) groups excluding carboxylic acids is 1. The van der Waals surface area contributed by atoms with Crippen LogP contribution >= 0.6 is 0 Å². The van der Waals surface area contributed by atoms with Gasteiger partial charge in [-0.15, -0.1) is 0 Å². The van der Waals surface area contributed by atoms with E-state index in [0.29, 0.717) is 11.5 Å². The lowest BCUT2D eigenvalue weighted by molar-refractivity contribution is 0.0760. The first kappa shape index (κ1) is 17.4. The summed E-state index contributed by atoms with van der Waals surface area (Å²) < 4.78 is 0. The molecule has 1 amide bonds. The third-order valence-corrected chi connectivity index (χ3v) is 5.27. The van der Waals surface area contributed by atoms with Crippen molar-refractivity contribution >= 4 is 5.91 Å². The zero-order chi connectivity index (χ0) is 18.5. The first-order chi connectivity index (χ1) is 13.3. The van der Waals surface area contributed by atoms with Crippen molar-refractivity contribution in [2.75, 3.05) is 13.1 Å². The average molecular weight is 357 g/mol. The number of carbonyl (C=O) groups is 1. The van der Waals surface area contributed by atoms with E-state index in [1.165, 1.54) is 5.56 Å². The second kappa shape index (κ2) is 8.12. The van der Waals surface area contributed by atoms with E-state index >= 15 is 0 Å². The second-order valence-corrected chi connectivity index (χ2v) is 7.00. The number of rotatable bonds is 3. The van der Waals surface area contributed by atoms with Crippen LogP contribution in [0.5, 0.6) is 0 Å². The first-order valence-corrected chi connectivity index (χ1v) is 9.52. The van der Waals surface area contributed by atoms with Crippen LogP contribution in [0, 0.1) is 0 Å². The highest BCUT2D eigenvalue weighted by Gasteiger charge is 2.22. The molecule has 0 saturated carbocycles. The summed E-state index contributed by atoms with van der Waals surface area (Å²) in [6.45, 7) is 1.61. The molecule has 136 valence electrons. The van der Waals surface area contributed by atoms with Gasteiger partial charge < -0.3 is 4.90 Å². The fourth-order valence-corrected chi connectivity index (χ4v) is 3.75. The number of pyridine rings is 2. The van der Waals surface area contributed by atoms with Crippen LogP contribution in [0.25, 0.3) is 11.3 Å². The van der Waals surface area contributed by atoms with Crippen LogP contribution in [0.4, 0.5) is 0 Å². The number of benzene rings is 1. The van der Waals surface area contributed by atoms with Crippen molar-refractivity contribution in [1.29, 1.82) is 0 Å². The van der Waals surface area contributed by atoms with Crippen LogP contribution in [0.15, 0.2) is 73.2 Å². The number of likely N-dealkylation sites (tertiary alicyclic amines) is 1. The lowest BCUT2D eigenvalue weighted by Gasteiger charge is -2.21. The average Bonchev–Trinajstić information content (AvgIpc) is 3.01. The Bertz CT molecular complexity index is 879. The molecule has 27 heavy (non-hydrogen) atoms. The van der Waals surface area contributed by atoms with E-state index in [-0.39, 0.29) is 5.91 Å². The minimum Gasteiger partial charge on any atom is -0.339 e. The van der Waals surface area contributed by atoms with E-state index in [4.69, 9.17) is 0 Å². The summed E-state index contributed by atoms with van der Waals surface area (Å²) in [6.07, 6.45) is 8.36. The van der Waals surface area contributed by atoms with Crippen LogP contribution in [-0.2, 0) is 0 Å². The highest BCUT2D eigenvalue weighted by atomic mass is 16.2. The predicted octanol–water partition coefficient (Wildman–Crippen LogP) is 4.55. The van der Waals surface area contributed by atoms with Crippen molar-refractivity contribution in [3.63, 3.8) is 0 Å². The highest BCUT2D eigenvalue weighted by Crippen LogP contribution is 2.28. The molecule has 2 aromatic heterocycles. The molecule has 0 bridgehead atoms. The molecule has 1 unspecified atom stereocenters. The van der Waals surface area contributed by atoms with Gasteiger partial charge in [0.25, 0.3) is 5.91 Å². The second-order valence-electron chi connectivity index (χ2n) is 7.00. The van der Waals surface area contributed by atoms with Crippen molar-refractivity contribution in [3.05, 3.63) is 84.3 Å². The smallest absolute Gasteiger partial charge is 0.255 e. The maximum absolute atomic E-state index is 12.9. The molecule has 0 aliphatic carbocycles. The summed E-state index contributed by atoms with van der Waals surface area (Å²) in [7, 11) is 0. The van der Waals surface area contributed by atoms with E-state index in [1.807, 2.05) is 29.2 Å². The molecule has 1 aromatic carbocycles. The number of hydrogen-bond donors (Lipinski definition) is 0. The van der Waals surface area contributed by atoms with Gasteiger partial charge in [0.05, 0.1) is 11.3 Å². The molecule has 3 aromatic rings. The Labute approximate surface area is 159 Å². The van der Waals surface area contributed by atoms with Crippen LogP contribution in [0.3, 0.4) is 0 Å². The SMILES string of the molecule is O=C(c1ccc(-c2ccncc2)nc1)N1CCCC(c2ccccc2)CC1. The van der Waals surface area contributed by atoms with Crippen LogP contribution < -0.4 is 0 Å². The Kier molecular flexibility index (Phi) is 5.24. The quantitative estimate of drug-likeness (QED) is 0.691.